The van der Waals surface area contributed by atoms with Crippen LogP contribution in [0, 0.1) is 5.82 Å². The van der Waals surface area contributed by atoms with Crippen LogP contribution in [0.5, 0.6) is 0 Å². The van der Waals surface area contributed by atoms with Crippen LogP contribution >= 0.6 is 0 Å². The molecule has 1 fully saturated rings. The Labute approximate surface area is 106 Å². The zero-order chi connectivity index (χ0) is 12.5. The van der Waals surface area contributed by atoms with Crippen LogP contribution < -0.4 is 5.73 Å². The SMILES string of the molecule is NC1CCCCCC1c1nc2ccc(F)cc2[nH]1. The van der Waals surface area contributed by atoms with Crippen molar-refractivity contribution in [3.63, 3.8) is 0 Å². The Bertz CT molecular complexity index is 549. The van der Waals surface area contributed by atoms with Gasteiger partial charge in [-0.25, -0.2) is 9.37 Å². The highest BCUT2D eigenvalue weighted by Gasteiger charge is 2.24. The highest BCUT2D eigenvalue weighted by Crippen LogP contribution is 2.30. The normalized spacial score (nSPS) is 25.2. The van der Waals surface area contributed by atoms with E-state index in [1.165, 1.54) is 31.4 Å². The Kier molecular flexibility index (Phi) is 3.04. The van der Waals surface area contributed by atoms with Crippen molar-refractivity contribution >= 4 is 11.0 Å². The first-order chi connectivity index (χ1) is 8.74. The van der Waals surface area contributed by atoms with E-state index < -0.39 is 0 Å². The number of nitrogens with zero attached hydrogens (tertiary/aromatic N) is 1. The van der Waals surface area contributed by atoms with Crippen LogP contribution in [-0.2, 0) is 0 Å². The average molecular weight is 247 g/mol. The molecule has 96 valence electrons. The zero-order valence-corrected chi connectivity index (χ0v) is 10.3. The maximum Gasteiger partial charge on any atom is 0.125 e. The van der Waals surface area contributed by atoms with Crippen molar-refractivity contribution in [2.24, 2.45) is 5.73 Å². The fourth-order valence-corrected chi connectivity index (χ4v) is 2.85. The lowest BCUT2D eigenvalue weighted by molar-refractivity contribution is 0.488. The number of aromatic nitrogens is 2. The number of hydrogen-bond donors (Lipinski definition) is 2. The average Bonchev–Trinajstić information content (AvgIpc) is 2.63. The third kappa shape index (κ3) is 2.12. The summed E-state index contributed by atoms with van der Waals surface area (Å²) >= 11 is 0. The number of H-pyrrole nitrogens is 1. The molecule has 0 spiro atoms. The summed E-state index contributed by atoms with van der Waals surface area (Å²) in [5.41, 5.74) is 7.82. The summed E-state index contributed by atoms with van der Waals surface area (Å²) in [6.07, 6.45) is 5.77. The Hall–Kier alpha value is -1.42. The molecule has 1 heterocycles. The molecule has 1 aromatic heterocycles. The molecule has 3 rings (SSSR count). The number of nitrogens with two attached hydrogens (primary N) is 1. The lowest BCUT2D eigenvalue weighted by Gasteiger charge is -2.18. The second-order valence-electron chi connectivity index (χ2n) is 5.19. The molecule has 0 bridgehead atoms. The van der Waals surface area contributed by atoms with Crippen molar-refractivity contribution < 1.29 is 4.39 Å². The number of nitrogens with one attached hydrogen (secondary N) is 1. The molecule has 1 aromatic carbocycles. The molecule has 1 saturated carbocycles. The van der Waals surface area contributed by atoms with Gasteiger partial charge in [-0.05, 0) is 31.0 Å². The predicted octanol–water partition coefficient (Wildman–Crippen LogP) is 3.08. The standard InChI is InChI=1S/C14H18FN3/c15-9-6-7-12-13(8-9)18-14(17-12)10-4-2-1-3-5-11(10)16/h6-8,10-11H,1-5,16H2,(H,17,18). The first-order valence-corrected chi connectivity index (χ1v) is 6.65. The van der Waals surface area contributed by atoms with Gasteiger partial charge in [0.1, 0.15) is 11.6 Å². The Balaban J connectivity index is 1.97. The van der Waals surface area contributed by atoms with Crippen LogP contribution in [0.25, 0.3) is 11.0 Å². The van der Waals surface area contributed by atoms with Crippen molar-refractivity contribution in [1.29, 1.82) is 0 Å². The summed E-state index contributed by atoms with van der Waals surface area (Å²) in [5, 5.41) is 0. The van der Waals surface area contributed by atoms with Gasteiger partial charge in [0.05, 0.1) is 11.0 Å². The zero-order valence-electron chi connectivity index (χ0n) is 10.3. The number of hydrogen-bond acceptors (Lipinski definition) is 2. The van der Waals surface area contributed by atoms with Crippen LogP contribution in [-0.4, -0.2) is 16.0 Å². The topological polar surface area (TPSA) is 54.7 Å². The minimum Gasteiger partial charge on any atom is -0.342 e. The molecule has 0 saturated heterocycles. The Morgan fingerprint density at radius 2 is 2.06 bits per heavy atom. The first-order valence-electron chi connectivity index (χ1n) is 6.65. The van der Waals surface area contributed by atoms with Gasteiger partial charge in [-0.15, -0.1) is 0 Å². The van der Waals surface area contributed by atoms with E-state index in [1.807, 2.05) is 0 Å². The van der Waals surface area contributed by atoms with Crippen molar-refractivity contribution in [2.75, 3.05) is 0 Å². The summed E-state index contributed by atoms with van der Waals surface area (Å²) in [5.74, 6) is 0.968. The molecule has 1 aliphatic carbocycles. The number of aromatic amines is 1. The van der Waals surface area contributed by atoms with Crippen molar-refractivity contribution in [2.45, 2.75) is 44.1 Å². The van der Waals surface area contributed by atoms with E-state index in [9.17, 15) is 4.39 Å². The summed E-state index contributed by atoms with van der Waals surface area (Å²) in [4.78, 5) is 7.80. The van der Waals surface area contributed by atoms with Crippen LogP contribution in [0.1, 0.15) is 43.8 Å². The molecular formula is C14H18FN3. The third-order valence-electron chi connectivity index (χ3n) is 3.88. The van der Waals surface area contributed by atoms with Gasteiger partial charge in [0, 0.05) is 12.0 Å². The molecule has 3 nitrogen and oxygen atoms in total. The lowest BCUT2D eigenvalue weighted by atomic mass is 9.95. The van der Waals surface area contributed by atoms with E-state index in [1.54, 1.807) is 6.07 Å². The van der Waals surface area contributed by atoms with E-state index in [0.29, 0.717) is 0 Å². The van der Waals surface area contributed by atoms with Crippen LogP contribution in [0.2, 0.25) is 0 Å². The fraction of sp³-hybridized carbons (Fsp3) is 0.500. The maximum atomic E-state index is 13.2. The lowest BCUT2D eigenvalue weighted by Crippen LogP contribution is -2.27. The van der Waals surface area contributed by atoms with E-state index in [0.717, 1.165) is 29.7 Å². The Morgan fingerprint density at radius 1 is 1.22 bits per heavy atom. The molecule has 2 atom stereocenters. The van der Waals surface area contributed by atoms with E-state index in [-0.39, 0.29) is 17.8 Å². The number of halogens is 1. The molecule has 0 amide bonds. The highest BCUT2D eigenvalue weighted by atomic mass is 19.1. The van der Waals surface area contributed by atoms with E-state index in [4.69, 9.17) is 5.73 Å². The predicted molar refractivity (Wildman–Crippen MR) is 69.9 cm³/mol. The minimum atomic E-state index is -0.233. The van der Waals surface area contributed by atoms with Crippen molar-refractivity contribution in [3.05, 3.63) is 29.8 Å². The number of rotatable bonds is 1. The molecule has 2 unspecified atom stereocenters. The largest absolute Gasteiger partial charge is 0.342 e. The summed E-state index contributed by atoms with van der Waals surface area (Å²) < 4.78 is 13.2. The molecule has 1 aliphatic rings. The quantitative estimate of drug-likeness (QED) is 0.761. The maximum absolute atomic E-state index is 13.2. The molecule has 3 N–H and O–H groups in total. The minimum absolute atomic E-state index is 0.165. The smallest absolute Gasteiger partial charge is 0.125 e. The summed E-state index contributed by atoms with van der Waals surface area (Å²) in [7, 11) is 0. The molecule has 18 heavy (non-hydrogen) atoms. The number of imidazole rings is 1. The van der Waals surface area contributed by atoms with Gasteiger partial charge in [0.25, 0.3) is 0 Å². The van der Waals surface area contributed by atoms with Crippen molar-refractivity contribution in [1.82, 2.24) is 9.97 Å². The van der Waals surface area contributed by atoms with Crippen LogP contribution in [0.3, 0.4) is 0 Å². The van der Waals surface area contributed by atoms with Gasteiger partial charge < -0.3 is 10.7 Å². The second kappa shape index (κ2) is 4.69. The van der Waals surface area contributed by atoms with Gasteiger partial charge in [-0.3, -0.25) is 0 Å². The van der Waals surface area contributed by atoms with Crippen molar-refractivity contribution in [3.8, 4) is 0 Å². The summed E-state index contributed by atoms with van der Waals surface area (Å²) in [6, 6.07) is 4.82. The van der Waals surface area contributed by atoms with Gasteiger partial charge in [-0.1, -0.05) is 19.3 Å². The monoisotopic (exact) mass is 247 g/mol. The van der Waals surface area contributed by atoms with E-state index in [2.05, 4.69) is 9.97 Å². The number of benzene rings is 1. The van der Waals surface area contributed by atoms with Gasteiger partial charge in [0.2, 0.25) is 0 Å². The highest BCUT2D eigenvalue weighted by molar-refractivity contribution is 5.75. The summed E-state index contributed by atoms with van der Waals surface area (Å²) in [6.45, 7) is 0. The fourth-order valence-electron chi connectivity index (χ4n) is 2.85. The van der Waals surface area contributed by atoms with Gasteiger partial charge in [0.15, 0.2) is 0 Å². The van der Waals surface area contributed by atoms with E-state index >= 15 is 0 Å². The second-order valence-corrected chi connectivity index (χ2v) is 5.19. The third-order valence-corrected chi connectivity index (χ3v) is 3.88. The van der Waals surface area contributed by atoms with Gasteiger partial charge >= 0.3 is 0 Å². The molecule has 4 heteroatoms. The van der Waals surface area contributed by atoms with Crippen LogP contribution in [0.15, 0.2) is 18.2 Å². The molecular weight excluding hydrogens is 229 g/mol. The number of fused-ring (bicyclic) bond motifs is 1. The molecule has 0 aliphatic heterocycles. The first kappa shape index (κ1) is 11.7. The van der Waals surface area contributed by atoms with Gasteiger partial charge in [-0.2, -0.15) is 0 Å². The Morgan fingerprint density at radius 3 is 2.94 bits per heavy atom. The molecule has 2 aromatic rings. The molecule has 0 radical (unpaired) electrons. The van der Waals surface area contributed by atoms with Crippen LogP contribution in [0.4, 0.5) is 4.39 Å².